The van der Waals surface area contributed by atoms with Crippen LogP contribution in [0.4, 0.5) is 9.18 Å². The van der Waals surface area contributed by atoms with Crippen molar-refractivity contribution >= 4 is 14.4 Å². The molecule has 0 radical (unpaired) electrons. The fraction of sp³-hybridized carbons (Fsp3) is 0.619. The lowest BCUT2D eigenvalue weighted by Gasteiger charge is -2.38. The molecule has 1 heterocycles. The normalized spacial score (nSPS) is 19.0. The molecule has 160 valence electrons. The van der Waals surface area contributed by atoms with Crippen LogP contribution in [0.1, 0.15) is 44.4 Å². The first-order valence-electron chi connectivity index (χ1n) is 9.91. The molecule has 2 atom stereocenters. The van der Waals surface area contributed by atoms with E-state index in [9.17, 15) is 14.3 Å². The largest absolute Gasteiger partial charge is 0.465 e. The zero-order chi connectivity index (χ0) is 22.0. The average Bonchev–Trinajstić information content (AvgIpc) is 3.05. The molecule has 1 saturated heterocycles. The molecule has 0 aromatic heterocycles. The monoisotopic (exact) mass is 421 g/mol. The van der Waals surface area contributed by atoms with Crippen LogP contribution in [0, 0.1) is 17.1 Å². The number of hydrogen-bond donors (Lipinski definition) is 1. The van der Waals surface area contributed by atoms with Crippen molar-refractivity contribution in [1.82, 2.24) is 9.80 Å². The predicted molar refractivity (Wildman–Crippen MR) is 113 cm³/mol. The topological polar surface area (TPSA) is 76.8 Å². The molecule has 0 spiro atoms. The van der Waals surface area contributed by atoms with Gasteiger partial charge >= 0.3 is 6.09 Å². The van der Waals surface area contributed by atoms with E-state index >= 15 is 0 Å². The highest BCUT2D eigenvalue weighted by molar-refractivity contribution is 6.74. The van der Waals surface area contributed by atoms with E-state index in [1.165, 1.54) is 24.1 Å². The third-order valence-electron chi connectivity index (χ3n) is 6.19. The van der Waals surface area contributed by atoms with Crippen molar-refractivity contribution in [2.24, 2.45) is 0 Å². The summed E-state index contributed by atoms with van der Waals surface area (Å²) in [4.78, 5) is 15.0. The number of nitrogens with zero attached hydrogens (tertiary/aromatic N) is 3. The standard InChI is InChI=1S/C21H32FN3O3Si/c1-21(2,3)29(5,6)28-17-9-10-25(13-17)14-19(24(4)20(26)27)15-7-8-18(22)16(11-15)12-23/h7-8,11,17,19H,9-10,13-14H2,1-6H3,(H,26,27)/t17-,19+/m0/s1. The van der Waals surface area contributed by atoms with Crippen LogP contribution >= 0.6 is 0 Å². The third-order valence-corrected chi connectivity index (χ3v) is 10.7. The van der Waals surface area contributed by atoms with Gasteiger partial charge < -0.3 is 14.4 Å². The second-order valence-corrected chi connectivity index (χ2v) is 14.1. The summed E-state index contributed by atoms with van der Waals surface area (Å²) < 4.78 is 20.2. The maximum Gasteiger partial charge on any atom is 0.407 e. The van der Waals surface area contributed by atoms with Crippen molar-refractivity contribution in [3.05, 3.63) is 35.1 Å². The first kappa shape index (κ1) is 23.3. The van der Waals surface area contributed by atoms with Gasteiger partial charge in [-0.1, -0.05) is 26.8 Å². The van der Waals surface area contributed by atoms with Gasteiger partial charge in [-0.15, -0.1) is 0 Å². The van der Waals surface area contributed by atoms with Gasteiger partial charge in [0.25, 0.3) is 0 Å². The molecule has 0 aliphatic carbocycles. The molecular weight excluding hydrogens is 389 g/mol. The van der Waals surface area contributed by atoms with E-state index in [-0.39, 0.29) is 16.7 Å². The SMILES string of the molecule is CN(C(=O)O)[C@H](CN1CC[C@H](O[Si](C)(C)C(C)(C)C)C1)c1ccc(F)c(C#N)c1. The highest BCUT2D eigenvalue weighted by Gasteiger charge is 2.41. The first-order valence-corrected chi connectivity index (χ1v) is 12.8. The van der Waals surface area contributed by atoms with E-state index in [1.54, 1.807) is 6.07 Å². The van der Waals surface area contributed by atoms with E-state index in [4.69, 9.17) is 9.69 Å². The minimum Gasteiger partial charge on any atom is -0.465 e. The van der Waals surface area contributed by atoms with Crippen LogP contribution in [0.15, 0.2) is 18.2 Å². The van der Waals surface area contributed by atoms with Crippen LogP contribution < -0.4 is 0 Å². The van der Waals surface area contributed by atoms with Gasteiger partial charge in [0.1, 0.15) is 11.9 Å². The molecule has 1 amide bonds. The molecule has 0 saturated carbocycles. The second-order valence-electron chi connectivity index (χ2n) is 9.31. The summed E-state index contributed by atoms with van der Waals surface area (Å²) in [5.74, 6) is -0.600. The fourth-order valence-corrected chi connectivity index (χ4v) is 4.70. The highest BCUT2D eigenvalue weighted by atomic mass is 28.4. The van der Waals surface area contributed by atoms with E-state index in [0.29, 0.717) is 12.1 Å². The molecule has 1 N–H and O–H groups in total. The van der Waals surface area contributed by atoms with Crippen LogP contribution in [-0.4, -0.2) is 62.1 Å². The van der Waals surface area contributed by atoms with E-state index in [0.717, 1.165) is 19.5 Å². The summed E-state index contributed by atoms with van der Waals surface area (Å²) in [5, 5.41) is 18.8. The average molecular weight is 422 g/mol. The highest BCUT2D eigenvalue weighted by Crippen LogP contribution is 2.38. The lowest BCUT2D eigenvalue weighted by molar-refractivity contribution is 0.121. The molecule has 1 aromatic carbocycles. The quantitative estimate of drug-likeness (QED) is 0.687. The zero-order valence-corrected chi connectivity index (χ0v) is 19.2. The number of rotatable bonds is 6. The van der Waals surface area contributed by atoms with Crippen molar-refractivity contribution in [3.63, 3.8) is 0 Å². The molecule has 1 aromatic rings. The van der Waals surface area contributed by atoms with E-state index < -0.39 is 26.3 Å². The molecule has 6 nitrogen and oxygen atoms in total. The Hall–Kier alpha value is -1.95. The number of nitriles is 1. The van der Waals surface area contributed by atoms with Crippen LogP contribution in [0.2, 0.25) is 18.1 Å². The Labute approximate surface area is 174 Å². The molecule has 0 bridgehead atoms. The minimum atomic E-state index is -1.87. The van der Waals surface area contributed by atoms with E-state index in [2.05, 4.69) is 38.8 Å². The Bertz CT molecular complexity index is 788. The predicted octanol–water partition coefficient (Wildman–Crippen LogP) is 4.44. The number of likely N-dealkylation sites (N-methyl/N-ethyl adjacent to an activating group) is 1. The Morgan fingerprint density at radius 3 is 2.69 bits per heavy atom. The molecule has 1 fully saturated rings. The Kier molecular flexibility index (Phi) is 7.09. The van der Waals surface area contributed by atoms with Crippen molar-refractivity contribution < 1.29 is 18.7 Å². The molecule has 29 heavy (non-hydrogen) atoms. The maximum absolute atomic E-state index is 13.7. The zero-order valence-electron chi connectivity index (χ0n) is 18.2. The molecular formula is C21H32FN3O3Si. The summed E-state index contributed by atoms with van der Waals surface area (Å²) in [7, 11) is -0.369. The van der Waals surface area contributed by atoms with Gasteiger partial charge in [-0.3, -0.25) is 4.90 Å². The lowest BCUT2D eigenvalue weighted by Crippen LogP contribution is -2.45. The number of likely N-dealkylation sites (tertiary alicyclic amines) is 1. The van der Waals surface area contributed by atoms with Crippen molar-refractivity contribution in [2.75, 3.05) is 26.7 Å². The molecule has 1 aliphatic rings. The van der Waals surface area contributed by atoms with Crippen LogP contribution in [-0.2, 0) is 4.43 Å². The number of benzene rings is 1. The molecule has 8 heteroatoms. The Morgan fingerprint density at radius 2 is 2.14 bits per heavy atom. The van der Waals surface area contributed by atoms with Gasteiger partial charge in [-0.2, -0.15) is 5.26 Å². The fourth-order valence-electron chi connectivity index (χ4n) is 3.32. The summed E-state index contributed by atoms with van der Waals surface area (Å²) >= 11 is 0. The van der Waals surface area contributed by atoms with Crippen molar-refractivity contribution in [3.8, 4) is 6.07 Å². The maximum atomic E-state index is 13.7. The van der Waals surface area contributed by atoms with Crippen molar-refractivity contribution in [1.29, 1.82) is 5.26 Å². The summed E-state index contributed by atoms with van der Waals surface area (Å²) in [6.45, 7) is 13.1. The van der Waals surface area contributed by atoms with Gasteiger partial charge in [0.2, 0.25) is 0 Å². The summed E-state index contributed by atoms with van der Waals surface area (Å²) in [6.07, 6.45) is -0.0243. The molecule has 2 rings (SSSR count). The lowest BCUT2D eigenvalue weighted by atomic mass is 10.0. The second kappa shape index (κ2) is 8.82. The van der Waals surface area contributed by atoms with Gasteiger partial charge in [0.05, 0.1) is 17.7 Å². The van der Waals surface area contributed by atoms with Gasteiger partial charge in [0, 0.05) is 26.7 Å². The van der Waals surface area contributed by atoms with Gasteiger partial charge in [-0.05, 0) is 42.2 Å². The number of carboxylic acid groups (broad SMARTS) is 1. The van der Waals surface area contributed by atoms with Crippen molar-refractivity contribution in [2.45, 2.75) is 57.5 Å². The Morgan fingerprint density at radius 1 is 1.48 bits per heavy atom. The third kappa shape index (κ3) is 5.56. The number of amides is 1. The summed E-state index contributed by atoms with van der Waals surface area (Å²) in [6, 6.07) is 5.56. The van der Waals surface area contributed by atoms with Gasteiger partial charge in [-0.25, -0.2) is 9.18 Å². The minimum absolute atomic E-state index is 0.0770. The first-order chi connectivity index (χ1) is 13.4. The number of halogens is 1. The van der Waals surface area contributed by atoms with E-state index in [1.807, 2.05) is 6.07 Å². The van der Waals surface area contributed by atoms with Crippen LogP contribution in [0.25, 0.3) is 0 Å². The molecule has 1 aliphatic heterocycles. The number of carbonyl (C=O) groups is 1. The van der Waals surface area contributed by atoms with Crippen LogP contribution in [0.5, 0.6) is 0 Å². The number of hydrogen-bond acceptors (Lipinski definition) is 4. The summed E-state index contributed by atoms with van der Waals surface area (Å²) in [5.41, 5.74) is 0.536. The smallest absolute Gasteiger partial charge is 0.407 e. The van der Waals surface area contributed by atoms with Gasteiger partial charge in [0.15, 0.2) is 8.32 Å². The Balaban J connectivity index is 2.15. The van der Waals surface area contributed by atoms with Crippen LogP contribution in [0.3, 0.4) is 0 Å². The molecule has 0 unspecified atom stereocenters.